The molecule has 0 bridgehead atoms. The fraction of sp³-hybridized carbons (Fsp3) is 0.381. The molecule has 0 saturated heterocycles. The molecule has 0 saturated carbocycles. The molecule has 0 unspecified atom stereocenters. The highest BCUT2D eigenvalue weighted by Crippen LogP contribution is 2.29. The Hall–Kier alpha value is -2.49. The number of aryl methyl sites for hydroxylation is 3. The predicted octanol–water partition coefficient (Wildman–Crippen LogP) is 4.59. The van der Waals surface area contributed by atoms with Crippen molar-refractivity contribution in [3.05, 3.63) is 52.6 Å². The summed E-state index contributed by atoms with van der Waals surface area (Å²) < 4.78 is 11.2. The summed E-state index contributed by atoms with van der Waals surface area (Å²) in [6.45, 7) is 11.1. The Morgan fingerprint density at radius 3 is 2.12 bits per heavy atom. The minimum atomic E-state index is -0.0401. The number of nitrogens with one attached hydrogen (secondary N) is 1. The standard InChI is InChI=1S/C21H27NO3/c1-6-24-18-9-8-17(12-19(18)25-7-2)13-20(23)22-21-15(4)10-14(3)11-16(21)5/h8-12H,6-7,13H2,1-5H3,(H,22,23). The van der Waals surface area contributed by atoms with E-state index in [0.29, 0.717) is 31.1 Å². The molecule has 1 N–H and O–H groups in total. The molecule has 0 fully saturated rings. The lowest BCUT2D eigenvalue weighted by Crippen LogP contribution is -2.16. The van der Waals surface area contributed by atoms with Gasteiger partial charge in [0.2, 0.25) is 5.91 Å². The van der Waals surface area contributed by atoms with E-state index < -0.39 is 0 Å². The fourth-order valence-corrected chi connectivity index (χ4v) is 2.95. The van der Waals surface area contributed by atoms with E-state index in [1.54, 1.807) is 0 Å². The average Bonchev–Trinajstić information content (AvgIpc) is 2.54. The van der Waals surface area contributed by atoms with Crippen LogP contribution in [0.15, 0.2) is 30.3 Å². The predicted molar refractivity (Wildman–Crippen MR) is 102 cm³/mol. The van der Waals surface area contributed by atoms with E-state index in [-0.39, 0.29) is 5.91 Å². The van der Waals surface area contributed by atoms with Crippen LogP contribution in [0.4, 0.5) is 5.69 Å². The summed E-state index contributed by atoms with van der Waals surface area (Å²) in [4.78, 5) is 12.5. The zero-order valence-electron chi connectivity index (χ0n) is 15.7. The number of hydrogen-bond donors (Lipinski definition) is 1. The number of carbonyl (C=O) groups excluding carboxylic acids is 1. The van der Waals surface area contributed by atoms with Gasteiger partial charge in [-0.2, -0.15) is 0 Å². The lowest BCUT2D eigenvalue weighted by atomic mass is 10.0. The monoisotopic (exact) mass is 341 g/mol. The van der Waals surface area contributed by atoms with E-state index in [1.807, 2.05) is 45.9 Å². The Bertz CT molecular complexity index is 730. The normalized spacial score (nSPS) is 10.4. The molecule has 2 aromatic rings. The first kappa shape index (κ1) is 18.8. The van der Waals surface area contributed by atoms with Gasteiger partial charge in [-0.25, -0.2) is 0 Å². The molecule has 25 heavy (non-hydrogen) atoms. The van der Waals surface area contributed by atoms with Crippen molar-refractivity contribution in [2.75, 3.05) is 18.5 Å². The number of anilines is 1. The lowest BCUT2D eigenvalue weighted by molar-refractivity contribution is -0.115. The average molecular weight is 341 g/mol. The largest absolute Gasteiger partial charge is 0.490 e. The van der Waals surface area contributed by atoms with E-state index in [0.717, 1.165) is 22.4 Å². The zero-order chi connectivity index (χ0) is 18.4. The van der Waals surface area contributed by atoms with E-state index in [4.69, 9.17) is 9.47 Å². The second-order valence-electron chi connectivity index (χ2n) is 6.15. The van der Waals surface area contributed by atoms with Crippen molar-refractivity contribution in [1.29, 1.82) is 0 Å². The molecule has 0 aliphatic carbocycles. The second-order valence-corrected chi connectivity index (χ2v) is 6.15. The van der Waals surface area contributed by atoms with Crippen LogP contribution in [-0.2, 0) is 11.2 Å². The van der Waals surface area contributed by atoms with Crippen molar-refractivity contribution in [2.24, 2.45) is 0 Å². The van der Waals surface area contributed by atoms with Crippen LogP contribution < -0.4 is 14.8 Å². The summed E-state index contributed by atoms with van der Waals surface area (Å²) in [5.74, 6) is 1.35. The van der Waals surface area contributed by atoms with Crippen molar-refractivity contribution in [3.63, 3.8) is 0 Å². The molecule has 2 rings (SSSR count). The number of hydrogen-bond acceptors (Lipinski definition) is 3. The van der Waals surface area contributed by atoms with Crippen molar-refractivity contribution in [1.82, 2.24) is 0 Å². The number of amides is 1. The topological polar surface area (TPSA) is 47.6 Å². The molecule has 0 aliphatic rings. The maximum absolute atomic E-state index is 12.5. The first-order valence-electron chi connectivity index (χ1n) is 8.70. The third-order valence-corrected chi connectivity index (χ3v) is 3.91. The van der Waals surface area contributed by atoms with Gasteiger partial charge < -0.3 is 14.8 Å². The highest BCUT2D eigenvalue weighted by Gasteiger charge is 2.12. The van der Waals surface area contributed by atoms with Gasteiger partial charge in [-0.1, -0.05) is 23.8 Å². The molecule has 0 spiro atoms. The minimum absolute atomic E-state index is 0.0401. The first-order chi connectivity index (χ1) is 11.9. The summed E-state index contributed by atoms with van der Waals surface area (Å²) >= 11 is 0. The molecular formula is C21H27NO3. The van der Waals surface area contributed by atoms with E-state index in [9.17, 15) is 4.79 Å². The van der Waals surface area contributed by atoms with Gasteiger partial charge in [0.15, 0.2) is 11.5 Å². The van der Waals surface area contributed by atoms with Crippen LogP contribution in [0.1, 0.15) is 36.1 Å². The van der Waals surface area contributed by atoms with Gasteiger partial charge in [-0.3, -0.25) is 4.79 Å². The van der Waals surface area contributed by atoms with Crippen molar-refractivity contribution in [2.45, 2.75) is 41.0 Å². The smallest absolute Gasteiger partial charge is 0.228 e. The molecule has 0 heterocycles. The zero-order valence-corrected chi connectivity index (χ0v) is 15.7. The van der Waals surface area contributed by atoms with Crippen LogP contribution in [0.25, 0.3) is 0 Å². The van der Waals surface area contributed by atoms with Gasteiger partial charge in [-0.15, -0.1) is 0 Å². The number of benzene rings is 2. The minimum Gasteiger partial charge on any atom is -0.490 e. The third-order valence-electron chi connectivity index (χ3n) is 3.91. The molecule has 0 aliphatic heterocycles. The molecule has 0 atom stereocenters. The number of ether oxygens (including phenoxy) is 2. The van der Waals surface area contributed by atoms with Gasteiger partial charge >= 0.3 is 0 Å². The maximum atomic E-state index is 12.5. The number of carbonyl (C=O) groups is 1. The number of rotatable bonds is 7. The Morgan fingerprint density at radius 2 is 1.52 bits per heavy atom. The Balaban J connectivity index is 2.14. The molecule has 2 aromatic carbocycles. The molecule has 0 radical (unpaired) electrons. The SMILES string of the molecule is CCOc1ccc(CC(=O)Nc2c(C)cc(C)cc2C)cc1OCC. The summed E-state index contributed by atoms with van der Waals surface area (Å²) in [6, 6.07) is 9.80. The summed E-state index contributed by atoms with van der Waals surface area (Å²) in [5.41, 5.74) is 5.14. The molecule has 4 nitrogen and oxygen atoms in total. The second kappa shape index (κ2) is 8.56. The Labute approximate surface area is 150 Å². The maximum Gasteiger partial charge on any atom is 0.228 e. The van der Waals surface area contributed by atoms with Gasteiger partial charge in [0.1, 0.15) is 0 Å². The van der Waals surface area contributed by atoms with Crippen LogP contribution in [0, 0.1) is 20.8 Å². The van der Waals surface area contributed by atoms with Crippen molar-refractivity contribution < 1.29 is 14.3 Å². The third kappa shape index (κ3) is 4.99. The lowest BCUT2D eigenvalue weighted by Gasteiger charge is -2.14. The van der Waals surface area contributed by atoms with Crippen LogP contribution in [-0.4, -0.2) is 19.1 Å². The van der Waals surface area contributed by atoms with Crippen LogP contribution in [0.2, 0.25) is 0 Å². The molecule has 4 heteroatoms. The van der Waals surface area contributed by atoms with E-state index in [2.05, 4.69) is 24.4 Å². The van der Waals surface area contributed by atoms with Crippen molar-refractivity contribution >= 4 is 11.6 Å². The van der Waals surface area contributed by atoms with Gasteiger partial charge in [0.05, 0.1) is 19.6 Å². The quantitative estimate of drug-likeness (QED) is 0.801. The Kier molecular flexibility index (Phi) is 6.45. The highest BCUT2D eigenvalue weighted by molar-refractivity contribution is 5.93. The van der Waals surface area contributed by atoms with Gasteiger partial charge in [-0.05, 0) is 63.4 Å². The molecule has 1 amide bonds. The molecular weight excluding hydrogens is 314 g/mol. The van der Waals surface area contributed by atoms with Crippen LogP contribution in [0.5, 0.6) is 11.5 Å². The fourth-order valence-electron chi connectivity index (χ4n) is 2.95. The van der Waals surface area contributed by atoms with E-state index >= 15 is 0 Å². The van der Waals surface area contributed by atoms with Gasteiger partial charge in [0.25, 0.3) is 0 Å². The van der Waals surface area contributed by atoms with Crippen LogP contribution in [0.3, 0.4) is 0 Å². The summed E-state index contributed by atoms with van der Waals surface area (Å²) in [6.07, 6.45) is 0.291. The summed E-state index contributed by atoms with van der Waals surface area (Å²) in [5, 5.41) is 3.03. The highest BCUT2D eigenvalue weighted by atomic mass is 16.5. The van der Waals surface area contributed by atoms with Crippen LogP contribution >= 0.6 is 0 Å². The Morgan fingerprint density at radius 1 is 0.920 bits per heavy atom. The summed E-state index contributed by atoms with van der Waals surface area (Å²) in [7, 11) is 0. The first-order valence-corrected chi connectivity index (χ1v) is 8.70. The van der Waals surface area contributed by atoms with Gasteiger partial charge in [0, 0.05) is 5.69 Å². The molecule has 134 valence electrons. The van der Waals surface area contributed by atoms with E-state index in [1.165, 1.54) is 5.56 Å². The van der Waals surface area contributed by atoms with Crippen molar-refractivity contribution in [3.8, 4) is 11.5 Å². The molecule has 0 aromatic heterocycles.